The molecular formula is C12H11F5N2O3S. The van der Waals surface area contributed by atoms with Gasteiger partial charge in [-0.15, -0.1) is 4.41 Å². The Morgan fingerprint density at radius 1 is 1.26 bits per heavy atom. The number of halogens is 5. The summed E-state index contributed by atoms with van der Waals surface area (Å²) >= 11 is 0. The third kappa shape index (κ3) is 3.02. The van der Waals surface area contributed by atoms with E-state index in [1.807, 2.05) is 0 Å². The third-order valence-corrected chi connectivity index (χ3v) is 4.91. The van der Waals surface area contributed by atoms with Crippen molar-refractivity contribution in [1.82, 2.24) is 4.41 Å². The summed E-state index contributed by atoms with van der Waals surface area (Å²) in [5.74, 6) is 0. The number of rotatable bonds is 3. The first-order valence-corrected chi connectivity index (χ1v) is 7.60. The van der Waals surface area contributed by atoms with Crippen molar-refractivity contribution in [2.24, 2.45) is 5.10 Å². The Bertz CT molecular complexity index is 730. The fourth-order valence-corrected chi connectivity index (χ4v) is 3.38. The molecule has 1 N–H and O–H groups in total. The van der Waals surface area contributed by atoms with Crippen molar-refractivity contribution < 1.29 is 35.5 Å². The Hall–Kier alpha value is -1.75. The quantitative estimate of drug-likeness (QED) is 0.843. The zero-order valence-electron chi connectivity index (χ0n) is 11.6. The molecule has 0 amide bonds. The highest BCUT2D eigenvalue weighted by Crippen LogP contribution is 2.39. The summed E-state index contributed by atoms with van der Waals surface area (Å²) in [7, 11) is -4.89. The van der Waals surface area contributed by atoms with Crippen LogP contribution in [0.2, 0.25) is 0 Å². The molecular weight excluding hydrogens is 347 g/mol. The molecule has 1 aliphatic heterocycles. The highest BCUT2D eigenvalue weighted by atomic mass is 32.2. The molecule has 1 atom stereocenters. The lowest BCUT2D eigenvalue weighted by Crippen LogP contribution is -2.51. The lowest BCUT2D eigenvalue weighted by molar-refractivity contribution is -0.151. The number of aryl methyl sites for hydroxylation is 1. The Balaban J connectivity index is 2.56. The molecule has 0 fully saturated rings. The van der Waals surface area contributed by atoms with Gasteiger partial charge in [-0.05, 0) is 19.1 Å². The minimum Gasteiger partial charge on any atom is -0.364 e. The number of benzene rings is 1. The topological polar surface area (TPSA) is 70.0 Å². The van der Waals surface area contributed by atoms with E-state index in [2.05, 4.69) is 5.10 Å². The molecule has 5 nitrogen and oxygen atoms in total. The van der Waals surface area contributed by atoms with Gasteiger partial charge in [0.2, 0.25) is 5.72 Å². The maximum absolute atomic E-state index is 13.0. The molecule has 0 saturated carbocycles. The lowest BCUT2D eigenvalue weighted by Gasteiger charge is -2.30. The summed E-state index contributed by atoms with van der Waals surface area (Å²) in [6.07, 6.45) is -10.6. The maximum Gasteiger partial charge on any atom is 0.431 e. The molecule has 1 aromatic carbocycles. The molecule has 128 valence electrons. The van der Waals surface area contributed by atoms with Gasteiger partial charge in [0.05, 0.1) is 11.3 Å². The van der Waals surface area contributed by atoms with Gasteiger partial charge >= 0.3 is 6.18 Å². The van der Waals surface area contributed by atoms with Gasteiger partial charge in [-0.3, -0.25) is 0 Å². The summed E-state index contributed by atoms with van der Waals surface area (Å²) < 4.78 is 88.2. The molecule has 2 rings (SSSR count). The summed E-state index contributed by atoms with van der Waals surface area (Å²) in [4.78, 5) is -0.561. The van der Waals surface area contributed by atoms with E-state index in [1.54, 1.807) is 6.92 Å². The fourth-order valence-electron chi connectivity index (χ4n) is 1.94. The average molecular weight is 358 g/mol. The van der Waals surface area contributed by atoms with Crippen molar-refractivity contribution in [3.63, 3.8) is 0 Å². The van der Waals surface area contributed by atoms with Crippen LogP contribution in [0.4, 0.5) is 22.0 Å². The number of sulfonamides is 1. The van der Waals surface area contributed by atoms with Crippen LogP contribution in [0.5, 0.6) is 0 Å². The van der Waals surface area contributed by atoms with Crippen LogP contribution in [0.1, 0.15) is 12.0 Å². The normalized spacial score (nSPS) is 22.6. The van der Waals surface area contributed by atoms with Crippen LogP contribution >= 0.6 is 0 Å². The van der Waals surface area contributed by atoms with Crippen LogP contribution < -0.4 is 0 Å². The number of alkyl halides is 5. The molecule has 23 heavy (non-hydrogen) atoms. The number of hydrogen-bond donors (Lipinski definition) is 1. The fraction of sp³-hybridized carbons (Fsp3) is 0.417. The highest BCUT2D eigenvalue weighted by molar-refractivity contribution is 7.89. The Morgan fingerprint density at radius 3 is 2.22 bits per heavy atom. The SMILES string of the molecule is Cc1ccc(S(=O)(=O)N2N=C(C(F)(F)F)CC2(O)C(F)F)cc1. The van der Waals surface area contributed by atoms with Crippen molar-refractivity contribution >= 4 is 15.7 Å². The van der Waals surface area contributed by atoms with Gasteiger partial charge in [-0.2, -0.15) is 26.7 Å². The van der Waals surface area contributed by atoms with E-state index in [-0.39, 0.29) is 0 Å². The third-order valence-electron chi connectivity index (χ3n) is 3.19. The van der Waals surface area contributed by atoms with E-state index in [0.717, 1.165) is 12.1 Å². The van der Waals surface area contributed by atoms with Gasteiger partial charge in [-0.25, -0.2) is 8.78 Å². The van der Waals surface area contributed by atoms with Crippen molar-refractivity contribution in [3.05, 3.63) is 29.8 Å². The summed E-state index contributed by atoms with van der Waals surface area (Å²) in [5, 5.41) is 12.5. The minimum absolute atomic E-state index is 0.557. The van der Waals surface area contributed by atoms with E-state index < -0.39 is 49.8 Å². The number of hydrazone groups is 1. The van der Waals surface area contributed by atoms with Crippen LogP contribution in [0, 0.1) is 6.92 Å². The smallest absolute Gasteiger partial charge is 0.364 e. The van der Waals surface area contributed by atoms with Gasteiger partial charge in [0.1, 0.15) is 5.71 Å². The van der Waals surface area contributed by atoms with Gasteiger partial charge in [0, 0.05) is 0 Å². The molecule has 11 heteroatoms. The molecule has 1 heterocycles. The molecule has 0 saturated heterocycles. The molecule has 0 radical (unpaired) electrons. The first-order chi connectivity index (χ1) is 10.4. The molecule has 0 aromatic heterocycles. The van der Waals surface area contributed by atoms with Gasteiger partial charge in [-0.1, -0.05) is 17.7 Å². The second-order valence-electron chi connectivity index (χ2n) is 4.96. The predicted molar refractivity (Wildman–Crippen MR) is 69.3 cm³/mol. The van der Waals surface area contributed by atoms with Gasteiger partial charge < -0.3 is 5.11 Å². The summed E-state index contributed by atoms with van der Waals surface area (Å²) in [6, 6.07) is 4.72. The summed E-state index contributed by atoms with van der Waals surface area (Å²) in [5.41, 5.74) is -4.74. The number of nitrogens with zero attached hydrogens (tertiary/aromatic N) is 2. The summed E-state index contributed by atoms with van der Waals surface area (Å²) in [6.45, 7) is 1.63. The molecule has 0 aliphatic carbocycles. The largest absolute Gasteiger partial charge is 0.431 e. The first kappa shape index (κ1) is 17.6. The van der Waals surface area contributed by atoms with Crippen molar-refractivity contribution in [2.75, 3.05) is 0 Å². The van der Waals surface area contributed by atoms with Crippen LogP contribution in [0.15, 0.2) is 34.3 Å². The Labute approximate surface area is 128 Å². The van der Waals surface area contributed by atoms with Crippen LogP contribution in [-0.4, -0.2) is 42.0 Å². The van der Waals surface area contributed by atoms with E-state index in [9.17, 15) is 35.5 Å². The number of hydrogen-bond acceptors (Lipinski definition) is 4. The van der Waals surface area contributed by atoms with Crippen molar-refractivity contribution in [2.45, 2.75) is 36.6 Å². The lowest BCUT2D eigenvalue weighted by atomic mass is 10.1. The zero-order chi connectivity index (χ0) is 17.6. The molecule has 1 unspecified atom stereocenters. The molecule has 0 spiro atoms. The predicted octanol–water partition coefficient (Wildman–Crippen LogP) is 2.26. The maximum atomic E-state index is 13.0. The molecule has 1 aromatic rings. The first-order valence-electron chi connectivity index (χ1n) is 6.16. The minimum atomic E-state index is -5.14. The highest BCUT2D eigenvalue weighted by Gasteiger charge is 2.59. The molecule has 1 aliphatic rings. The van der Waals surface area contributed by atoms with E-state index >= 15 is 0 Å². The Morgan fingerprint density at radius 2 is 1.78 bits per heavy atom. The average Bonchev–Trinajstić information content (AvgIpc) is 2.79. The molecule has 0 bridgehead atoms. The van der Waals surface area contributed by atoms with Crippen LogP contribution in [0.25, 0.3) is 0 Å². The van der Waals surface area contributed by atoms with Crippen LogP contribution in [-0.2, 0) is 10.0 Å². The van der Waals surface area contributed by atoms with E-state index in [4.69, 9.17) is 0 Å². The van der Waals surface area contributed by atoms with Crippen molar-refractivity contribution in [1.29, 1.82) is 0 Å². The van der Waals surface area contributed by atoms with Crippen molar-refractivity contribution in [3.8, 4) is 0 Å². The second kappa shape index (κ2) is 5.41. The monoisotopic (exact) mass is 358 g/mol. The number of aliphatic hydroxyl groups is 1. The second-order valence-corrected chi connectivity index (χ2v) is 6.73. The van der Waals surface area contributed by atoms with E-state index in [1.165, 1.54) is 12.1 Å². The van der Waals surface area contributed by atoms with Gasteiger partial charge in [0.25, 0.3) is 16.4 Å². The Kier molecular flexibility index (Phi) is 4.14. The zero-order valence-corrected chi connectivity index (χ0v) is 12.4. The van der Waals surface area contributed by atoms with Crippen LogP contribution in [0.3, 0.4) is 0 Å². The van der Waals surface area contributed by atoms with Gasteiger partial charge in [0.15, 0.2) is 0 Å². The standard InChI is InChI=1S/C12H11F5N2O3S/c1-7-2-4-8(5-3-7)23(21,22)19-11(20,10(13)14)6-9(18-19)12(15,16)17/h2-5,10,20H,6H2,1H3. The van der Waals surface area contributed by atoms with E-state index in [0.29, 0.717) is 5.56 Å².